The minimum Gasteiger partial charge on any atom is -0.482 e. The van der Waals surface area contributed by atoms with Gasteiger partial charge in [-0.25, -0.2) is 0 Å². The third kappa shape index (κ3) is 5.77. The van der Waals surface area contributed by atoms with Crippen LogP contribution in [0.1, 0.15) is 25.0 Å². The van der Waals surface area contributed by atoms with Crippen LogP contribution in [0.3, 0.4) is 0 Å². The summed E-state index contributed by atoms with van der Waals surface area (Å²) in [7, 11) is 1.61. The lowest BCUT2D eigenvalue weighted by atomic mass is 10.1. The number of carbonyl (C=O) groups excluding carboxylic acids is 1. The third-order valence-corrected chi connectivity index (χ3v) is 2.94. The second-order valence-electron chi connectivity index (χ2n) is 4.35. The second-order valence-corrected chi connectivity index (χ2v) is 4.76. The van der Waals surface area contributed by atoms with Crippen molar-refractivity contribution in [3.8, 4) is 5.75 Å². The van der Waals surface area contributed by atoms with E-state index >= 15 is 0 Å². The Hall–Kier alpha value is -1.30. The third-order valence-electron chi connectivity index (χ3n) is 2.64. The Kier molecular flexibility index (Phi) is 7.36. The molecule has 0 spiro atoms. The predicted octanol–water partition coefficient (Wildman–Crippen LogP) is 1.92. The van der Waals surface area contributed by atoms with Crippen molar-refractivity contribution in [3.05, 3.63) is 28.8 Å². The summed E-state index contributed by atoms with van der Waals surface area (Å²) < 4.78 is 10.2. The lowest BCUT2D eigenvalue weighted by molar-refractivity contribution is -0.123. The molecule has 0 aromatic heterocycles. The van der Waals surface area contributed by atoms with E-state index in [0.717, 1.165) is 6.42 Å². The van der Waals surface area contributed by atoms with Crippen LogP contribution in [0.4, 0.5) is 0 Å². The van der Waals surface area contributed by atoms with Crippen molar-refractivity contribution in [1.82, 2.24) is 5.32 Å². The fourth-order valence-electron chi connectivity index (χ4n) is 1.53. The van der Waals surface area contributed by atoms with Gasteiger partial charge in [-0.05, 0) is 31.0 Å². The molecule has 0 saturated carbocycles. The number of methoxy groups -OCH3 is 1. The molecule has 6 heteroatoms. The van der Waals surface area contributed by atoms with Crippen LogP contribution in [0, 0.1) is 0 Å². The Morgan fingerprint density at radius 2 is 2.25 bits per heavy atom. The quantitative estimate of drug-likeness (QED) is 0.720. The summed E-state index contributed by atoms with van der Waals surface area (Å²) in [6.07, 6.45) is 0.164. The summed E-state index contributed by atoms with van der Waals surface area (Å²) in [5.41, 5.74) is 0.700. The van der Waals surface area contributed by atoms with Crippen LogP contribution in [0.15, 0.2) is 18.2 Å². The van der Waals surface area contributed by atoms with Gasteiger partial charge in [-0.1, -0.05) is 17.7 Å². The molecule has 1 unspecified atom stereocenters. The van der Waals surface area contributed by atoms with Gasteiger partial charge in [-0.3, -0.25) is 4.79 Å². The van der Waals surface area contributed by atoms with Crippen LogP contribution in [0.2, 0.25) is 5.02 Å². The van der Waals surface area contributed by atoms with Crippen LogP contribution in [0.5, 0.6) is 5.75 Å². The summed E-state index contributed by atoms with van der Waals surface area (Å²) in [6.45, 7) is 2.71. The highest BCUT2D eigenvalue weighted by molar-refractivity contribution is 6.32. The molecule has 0 heterocycles. The number of halogens is 1. The summed E-state index contributed by atoms with van der Waals surface area (Å²) in [6, 6.07) is 4.98. The van der Waals surface area contributed by atoms with Gasteiger partial charge in [0.2, 0.25) is 0 Å². The van der Waals surface area contributed by atoms with E-state index in [0.29, 0.717) is 29.5 Å². The van der Waals surface area contributed by atoms with E-state index in [2.05, 4.69) is 5.32 Å². The molecule has 0 bridgehead atoms. The highest BCUT2D eigenvalue weighted by Gasteiger charge is 2.08. The fraction of sp³-hybridized carbons (Fsp3) is 0.500. The van der Waals surface area contributed by atoms with Crippen LogP contribution < -0.4 is 10.1 Å². The van der Waals surface area contributed by atoms with Gasteiger partial charge in [0.1, 0.15) is 5.75 Å². The molecular formula is C14H20ClNO4. The van der Waals surface area contributed by atoms with Gasteiger partial charge in [0.25, 0.3) is 5.91 Å². The molecule has 0 aliphatic rings. The van der Waals surface area contributed by atoms with Crippen molar-refractivity contribution in [1.29, 1.82) is 0 Å². The van der Waals surface area contributed by atoms with E-state index < -0.39 is 6.10 Å². The Labute approximate surface area is 123 Å². The Morgan fingerprint density at radius 1 is 1.50 bits per heavy atom. The van der Waals surface area contributed by atoms with Gasteiger partial charge in [-0.2, -0.15) is 0 Å². The SMILES string of the molecule is COCCCNC(=O)COc1ccc(C(C)O)cc1Cl. The predicted molar refractivity (Wildman–Crippen MR) is 77.1 cm³/mol. The lowest BCUT2D eigenvalue weighted by Crippen LogP contribution is -2.30. The smallest absolute Gasteiger partial charge is 0.257 e. The zero-order valence-corrected chi connectivity index (χ0v) is 12.4. The van der Waals surface area contributed by atoms with E-state index in [9.17, 15) is 9.90 Å². The molecule has 1 amide bonds. The van der Waals surface area contributed by atoms with Crippen molar-refractivity contribution >= 4 is 17.5 Å². The number of aliphatic hydroxyl groups is 1. The van der Waals surface area contributed by atoms with Gasteiger partial charge in [-0.15, -0.1) is 0 Å². The van der Waals surface area contributed by atoms with Gasteiger partial charge in [0.05, 0.1) is 11.1 Å². The number of rotatable bonds is 8. The molecule has 20 heavy (non-hydrogen) atoms. The van der Waals surface area contributed by atoms with Crippen molar-refractivity contribution in [2.24, 2.45) is 0 Å². The Bertz CT molecular complexity index is 437. The number of carbonyl (C=O) groups is 1. The lowest BCUT2D eigenvalue weighted by Gasteiger charge is -2.11. The van der Waals surface area contributed by atoms with E-state index in [1.807, 2.05) is 0 Å². The molecule has 5 nitrogen and oxygen atoms in total. The molecular weight excluding hydrogens is 282 g/mol. The minimum atomic E-state index is -0.592. The first-order chi connectivity index (χ1) is 9.54. The Balaban J connectivity index is 2.39. The molecule has 2 N–H and O–H groups in total. The van der Waals surface area contributed by atoms with E-state index in [4.69, 9.17) is 21.1 Å². The number of hydrogen-bond donors (Lipinski definition) is 2. The molecule has 112 valence electrons. The second kappa shape index (κ2) is 8.79. The van der Waals surface area contributed by atoms with E-state index in [1.54, 1.807) is 32.2 Å². The maximum Gasteiger partial charge on any atom is 0.257 e. The maximum absolute atomic E-state index is 11.5. The highest BCUT2D eigenvalue weighted by Crippen LogP contribution is 2.27. The average Bonchev–Trinajstić information content (AvgIpc) is 2.42. The summed E-state index contributed by atoms with van der Waals surface area (Å²) in [5, 5.41) is 12.5. The van der Waals surface area contributed by atoms with E-state index in [1.165, 1.54) is 0 Å². The fourth-order valence-corrected chi connectivity index (χ4v) is 1.78. The summed E-state index contributed by atoms with van der Waals surface area (Å²) in [4.78, 5) is 11.5. The van der Waals surface area contributed by atoms with Gasteiger partial charge in [0, 0.05) is 20.3 Å². The topological polar surface area (TPSA) is 67.8 Å². The number of aliphatic hydroxyl groups excluding tert-OH is 1. The maximum atomic E-state index is 11.5. The number of amides is 1. The van der Waals surface area contributed by atoms with Gasteiger partial charge >= 0.3 is 0 Å². The first-order valence-corrected chi connectivity index (χ1v) is 6.78. The largest absolute Gasteiger partial charge is 0.482 e. The van der Waals surface area contributed by atoms with Crippen molar-refractivity contribution in [2.45, 2.75) is 19.4 Å². The van der Waals surface area contributed by atoms with Crippen LogP contribution in [-0.2, 0) is 9.53 Å². The molecule has 0 radical (unpaired) electrons. The summed E-state index contributed by atoms with van der Waals surface area (Å²) >= 11 is 6.02. The normalized spacial score (nSPS) is 12.0. The van der Waals surface area contributed by atoms with Crippen LogP contribution in [-0.4, -0.2) is 37.9 Å². The molecule has 1 rings (SSSR count). The molecule has 0 fully saturated rings. The zero-order valence-electron chi connectivity index (χ0n) is 11.7. The molecule has 0 aliphatic carbocycles. The molecule has 1 aromatic carbocycles. The van der Waals surface area contributed by atoms with Crippen molar-refractivity contribution in [3.63, 3.8) is 0 Å². The van der Waals surface area contributed by atoms with Crippen LogP contribution >= 0.6 is 11.6 Å². The number of nitrogens with one attached hydrogen (secondary N) is 1. The standard InChI is InChI=1S/C14H20ClNO4/c1-10(17)11-4-5-13(12(15)8-11)20-9-14(18)16-6-3-7-19-2/h4-5,8,10,17H,3,6-7,9H2,1-2H3,(H,16,18). The minimum absolute atomic E-state index is 0.0965. The first-order valence-electron chi connectivity index (χ1n) is 6.40. The molecule has 1 atom stereocenters. The number of ether oxygens (including phenoxy) is 2. The number of hydrogen-bond acceptors (Lipinski definition) is 4. The first kappa shape index (κ1) is 16.8. The van der Waals surface area contributed by atoms with Crippen molar-refractivity contribution in [2.75, 3.05) is 26.9 Å². The zero-order chi connectivity index (χ0) is 15.0. The molecule has 0 aliphatic heterocycles. The van der Waals surface area contributed by atoms with Crippen molar-refractivity contribution < 1.29 is 19.4 Å². The Morgan fingerprint density at radius 3 is 2.85 bits per heavy atom. The van der Waals surface area contributed by atoms with Crippen LogP contribution in [0.25, 0.3) is 0 Å². The number of benzene rings is 1. The average molecular weight is 302 g/mol. The van der Waals surface area contributed by atoms with E-state index in [-0.39, 0.29) is 12.5 Å². The molecule has 0 saturated heterocycles. The monoisotopic (exact) mass is 301 g/mol. The highest BCUT2D eigenvalue weighted by atomic mass is 35.5. The summed E-state index contributed by atoms with van der Waals surface area (Å²) in [5.74, 6) is 0.208. The van der Waals surface area contributed by atoms with Gasteiger partial charge < -0.3 is 19.9 Å². The van der Waals surface area contributed by atoms with Gasteiger partial charge in [0.15, 0.2) is 6.61 Å². The molecule has 1 aromatic rings.